The number of rotatable bonds is 3. The third-order valence-electron chi connectivity index (χ3n) is 3.62. The van der Waals surface area contributed by atoms with Crippen LogP contribution in [-0.4, -0.2) is 17.9 Å². The van der Waals surface area contributed by atoms with Crippen LogP contribution >= 0.6 is 15.9 Å². The summed E-state index contributed by atoms with van der Waals surface area (Å²) < 4.78 is 0.907. The molecule has 1 heterocycles. The van der Waals surface area contributed by atoms with Crippen molar-refractivity contribution in [3.63, 3.8) is 0 Å². The average Bonchev–Trinajstić information content (AvgIpc) is 2.77. The number of aryl methyl sites for hydroxylation is 1. The van der Waals surface area contributed by atoms with Gasteiger partial charge >= 0.3 is 0 Å². The zero-order valence-electron chi connectivity index (χ0n) is 12.0. The van der Waals surface area contributed by atoms with Crippen LogP contribution in [0.1, 0.15) is 12.0 Å². The predicted molar refractivity (Wildman–Crippen MR) is 89.8 cm³/mol. The van der Waals surface area contributed by atoms with Gasteiger partial charge in [-0.15, -0.1) is 0 Å². The average molecular weight is 359 g/mol. The van der Waals surface area contributed by atoms with E-state index >= 15 is 0 Å². The second-order valence-electron chi connectivity index (χ2n) is 5.31. The van der Waals surface area contributed by atoms with Crippen molar-refractivity contribution in [2.24, 2.45) is 0 Å². The molecule has 0 aromatic heterocycles. The molecule has 3 rings (SSSR count). The molecule has 2 aromatic carbocycles. The molecular formula is C17H15BrN2O2. The minimum Gasteiger partial charge on any atom is -0.373 e. The van der Waals surface area contributed by atoms with Gasteiger partial charge in [0, 0.05) is 10.2 Å². The summed E-state index contributed by atoms with van der Waals surface area (Å²) in [6, 6.07) is 14.4. The van der Waals surface area contributed by atoms with Crippen LogP contribution in [0.3, 0.4) is 0 Å². The molecule has 1 saturated heterocycles. The Kier molecular flexibility index (Phi) is 3.98. The smallest absolute Gasteiger partial charge is 0.256 e. The van der Waals surface area contributed by atoms with Gasteiger partial charge in [-0.1, -0.05) is 33.6 Å². The first kappa shape index (κ1) is 14.8. The van der Waals surface area contributed by atoms with E-state index in [1.54, 1.807) is 12.1 Å². The van der Waals surface area contributed by atoms with E-state index in [-0.39, 0.29) is 18.2 Å². The van der Waals surface area contributed by atoms with Crippen molar-refractivity contribution >= 4 is 39.1 Å². The van der Waals surface area contributed by atoms with Gasteiger partial charge in [-0.25, -0.2) is 4.90 Å². The highest BCUT2D eigenvalue weighted by Crippen LogP contribution is 2.26. The number of carbonyl (C=O) groups excluding carboxylic acids is 2. The van der Waals surface area contributed by atoms with Gasteiger partial charge in [0.2, 0.25) is 5.91 Å². The highest BCUT2D eigenvalue weighted by atomic mass is 79.9. The lowest BCUT2D eigenvalue weighted by atomic mass is 10.2. The monoisotopic (exact) mass is 358 g/mol. The Bertz CT molecular complexity index is 710. The van der Waals surface area contributed by atoms with E-state index in [4.69, 9.17) is 0 Å². The molecule has 5 heteroatoms. The minimum absolute atomic E-state index is 0.169. The molecule has 0 saturated carbocycles. The summed E-state index contributed by atoms with van der Waals surface area (Å²) in [5.74, 6) is -0.398. The Morgan fingerprint density at radius 3 is 2.32 bits per heavy atom. The molecule has 0 aliphatic carbocycles. The highest BCUT2D eigenvalue weighted by Gasteiger charge is 2.39. The van der Waals surface area contributed by atoms with Gasteiger partial charge in [-0.3, -0.25) is 9.59 Å². The van der Waals surface area contributed by atoms with Crippen molar-refractivity contribution in [1.82, 2.24) is 0 Å². The number of halogens is 1. The van der Waals surface area contributed by atoms with Gasteiger partial charge in [0.1, 0.15) is 6.04 Å². The largest absolute Gasteiger partial charge is 0.373 e. The first-order valence-corrected chi connectivity index (χ1v) is 7.79. The lowest BCUT2D eigenvalue weighted by Crippen LogP contribution is -2.34. The molecule has 1 aliphatic rings. The van der Waals surface area contributed by atoms with Crippen LogP contribution in [0.4, 0.5) is 11.4 Å². The number of benzene rings is 2. The van der Waals surface area contributed by atoms with Crippen LogP contribution in [0.15, 0.2) is 53.0 Å². The third-order valence-corrected chi connectivity index (χ3v) is 4.15. The van der Waals surface area contributed by atoms with E-state index in [0.29, 0.717) is 5.69 Å². The molecule has 22 heavy (non-hydrogen) atoms. The number of carbonyl (C=O) groups is 2. The molecule has 2 aromatic rings. The number of anilines is 2. The van der Waals surface area contributed by atoms with Crippen LogP contribution in [0, 0.1) is 6.92 Å². The highest BCUT2D eigenvalue weighted by molar-refractivity contribution is 9.10. The summed E-state index contributed by atoms with van der Waals surface area (Å²) in [5.41, 5.74) is 2.59. The lowest BCUT2D eigenvalue weighted by Gasteiger charge is -2.16. The van der Waals surface area contributed by atoms with E-state index in [9.17, 15) is 9.59 Å². The molecule has 0 bridgehead atoms. The van der Waals surface area contributed by atoms with Crippen molar-refractivity contribution in [1.29, 1.82) is 0 Å². The minimum atomic E-state index is -0.515. The van der Waals surface area contributed by atoms with Crippen molar-refractivity contribution in [2.45, 2.75) is 19.4 Å². The summed E-state index contributed by atoms with van der Waals surface area (Å²) in [6.45, 7) is 2.00. The fraction of sp³-hybridized carbons (Fsp3) is 0.176. The number of nitrogens with one attached hydrogen (secondary N) is 1. The zero-order chi connectivity index (χ0) is 15.7. The van der Waals surface area contributed by atoms with Crippen LogP contribution in [-0.2, 0) is 9.59 Å². The van der Waals surface area contributed by atoms with E-state index < -0.39 is 6.04 Å². The van der Waals surface area contributed by atoms with E-state index in [2.05, 4.69) is 21.2 Å². The second kappa shape index (κ2) is 5.93. The molecule has 1 N–H and O–H groups in total. The number of hydrogen-bond acceptors (Lipinski definition) is 3. The maximum atomic E-state index is 12.5. The van der Waals surface area contributed by atoms with Crippen LogP contribution < -0.4 is 10.2 Å². The SMILES string of the molecule is Cc1ccc(N[C@@H]2CC(=O)N(c3ccc(Br)cc3)C2=O)cc1. The fourth-order valence-electron chi connectivity index (χ4n) is 2.46. The molecule has 4 nitrogen and oxygen atoms in total. The molecule has 0 radical (unpaired) electrons. The standard InChI is InChI=1S/C17H15BrN2O2/c1-11-2-6-13(7-3-11)19-15-10-16(21)20(17(15)22)14-8-4-12(18)5-9-14/h2-9,15,19H,10H2,1H3/t15-/m1/s1. The Balaban J connectivity index is 1.79. The Morgan fingerprint density at radius 1 is 1.05 bits per heavy atom. The molecule has 1 fully saturated rings. The van der Waals surface area contributed by atoms with Crippen molar-refractivity contribution in [3.05, 3.63) is 58.6 Å². The van der Waals surface area contributed by atoms with E-state index in [0.717, 1.165) is 15.7 Å². The van der Waals surface area contributed by atoms with Crippen molar-refractivity contribution in [3.8, 4) is 0 Å². The lowest BCUT2D eigenvalue weighted by molar-refractivity contribution is -0.121. The second-order valence-corrected chi connectivity index (χ2v) is 6.23. The molecule has 1 atom stereocenters. The van der Waals surface area contributed by atoms with Gasteiger partial charge in [-0.05, 0) is 43.3 Å². The number of amides is 2. The maximum Gasteiger partial charge on any atom is 0.256 e. The van der Waals surface area contributed by atoms with Gasteiger partial charge in [0.15, 0.2) is 0 Å². The van der Waals surface area contributed by atoms with Gasteiger partial charge in [-0.2, -0.15) is 0 Å². The zero-order valence-corrected chi connectivity index (χ0v) is 13.6. The third kappa shape index (κ3) is 2.90. The van der Waals surface area contributed by atoms with Gasteiger partial charge in [0.05, 0.1) is 12.1 Å². The maximum absolute atomic E-state index is 12.5. The van der Waals surface area contributed by atoms with Crippen LogP contribution in [0.5, 0.6) is 0 Å². The van der Waals surface area contributed by atoms with Gasteiger partial charge in [0.25, 0.3) is 5.91 Å². The first-order chi connectivity index (χ1) is 10.5. The molecular weight excluding hydrogens is 344 g/mol. The number of imide groups is 1. The summed E-state index contributed by atoms with van der Waals surface area (Å²) in [4.78, 5) is 25.9. The van der Waals surface area contributed by atoms with Gasteiger partial charge < -0.3 is 5.32 Å². The van der Waals surface area contributed by atoms with Crippen LogP contribution in [0.2, 0.25) is 0 Å². The predicted octanol–water partition coefficient (Wildman–Crippen LogP) is 3.50. The quantitative estimate of drug-likeness (QED) is 0.854. The number of nitrogens with zero attached hydrogens (tertiary/aromatic N) is 1. The number of hydrogen-bond donors (Lipinski definition) is 1. The molecule has 0 unspecified atom stereocenters. The Morgan fingerprint density at radius 2 is 1.68 bits per heavy atom. The Labute approximate surface area is 137 Å². The molecule has 0 spiro atoms. The topological polar surface area (TPSA) is 49.4 Å². The molecule has 2 amide bonds. The summed E-state index contributed by atoms with van der Waals surface area (Å²) in [5, 5.41) is 3.14. The summed E-state index contributed by atoms with van der Waals surface area (Å²) in [7, 11) is 0. The van der Waals surface area contributed by atoms with E-state index in [1.165, 1.54) is 4.90 Å². The molecule has 112 valence electrons. The summed E-state index contributed by atoms with van der Waals surface area (Å²) >= 11 is 3.35. The summed E-state index contributed by atoms with van der Waals surface area (Å²) in [6.07, 6.45) is 0.169. The first-order valence-electron chi connectivity index (χ1n) is 7.00. The van der Waals surface area contributed by atoms with E-state index in [1.807, 2.05) is 43.3 Å². The van der Waals surface area contributed by atoms with Crippen molar-refractivity contribution < 1.29 is 9.59 Å². The van der Waals surface area contributed by atoms with Crippen molar-refractivity contribution in [2.75, 3.05) is 10.2 Å². The fourth-order valence-corrected chi connectivity index (χ4v) is 2.72. The molecule has 1 aliphatic heterocycles. The van der Waals surface area contributed by atoms with Crippen LogP contribution in [0.25, 0.3) is 0 Å². The Hall–Kier alpha value is -2.14. The normalized spacial score (nSPS) is 17.9.